The molecule has 0 spiro atoms. The molecule has 0 aliphatic carbocycles. The summed E-state index contributed by atoms with van der Waals surface area (Å²) in [5, 5.41) is 14.4. The SMILES string of the molecule is CCOc1cc(C(=O)NC2CCN(Cc3ccccc3)C2)c([N+](=O)[O-])cc1OC. The number of methoxy groups -OCH3 is 1. The molecule has 1 atom stereocenters. The second-order valence-electron chi connectivity index (χ2n) is 6.89. The minimum atomic E-state index is -0.580. The van der Waals surface area contributed by atoms with Crippen LogP contribution in [0, 0.1) is 10.1 Å². The van der Waals surface area contributed by atoms with Crippen molar-refractivity contribution in [3.05, 3.63) is 63.7 Å². The summed E-state index contributed by atoms with van der Waals surface area (Å²) < 4.78 is 10.6. The molecule has 1 unspecified atom stereocenters. The van der Waals surface area contributed by atoms with Crippen molar-refractivity contribution in [2.24, 2.45) is 0 Å². The molecule has 3 rings (SSSR count). The van der Waals surface area contributed by atoms with Crippen molar-refractivity contribution in [2.75, 3.05) is 26.8 Å². The Morgan fingerprint density at radius 2 is 2.03 bits per heavy atom. The normalized spacial score (nSPS) is 16.4. The minimum Gasteiger partial charge on any atom is -0.493 e. The number of likely N-dealkylation sites (tertiary alicyclic amines) is 1. The van der Waals surface area contributed by atoms with Gasteiger partial charge in [-0.05, 0) is 18.9 Å². The van der Waals surface area contributed by atoms with Crippen LogP contribution in [-0.4, -0.2) is 48.6 Å². The topological polar surface area (TPSA) is 93.9 Å². The third kappa shape index (κ3) is 5.03. The number of nitro groups is 1. The molecule has 0 bridgehead atoms. The monoisotopic (exact) mass is 399 g/mol. The van der Waals surface area contributed by atoms with Crippen LogP contribution in [0.25, 0.3) is 0 Å². The molecule has 1 N–H and O–H groups in total. The maximum atomic E-state index is 12.8. The van der Waals surface area contributed by atoms with Gasteiger partial charge in [0, 0.05) is 31.7 Å². The molecule has 8 nitrogen and oxygen atoms in total. The van der Waals surface area contributed by atoms with Crippen LogP contribution in [0.2, 0.25) is 0 Å². The molecule has 2 aromatic carbocycles. The highest BCUT2D eigenvalue weighted by atomic mass is 16.6. The average Bonchev–Trinajstić information content (AvgIpc) is 3.15. The smallest absolute Gasteiger partial charge is 0.286 e. The summed E-state index contributed by atoms with van der Waals surface area (Å²) in [6.45, 7) is 4.51. The lowest BCUT2D eigenvalue weighted by Crippen LogP contribution is -2.37. The highest BCUT2D eigenvalue weighted by Crippen LogP contribution is 2.35. The molecule has 1 aliphatic heterocycles. The predicted octanol–water partition coefficient (Wildman–Crippen LogP) is 3.01. The van der Waals surface area contributed by atoms with Gasteiger partial charge in [0.1, 0.15) is 5.56 Å². The number of hydrogen-bond donors (Lipinski definition) is 1. The number of rotatable bonds is 8. The lowest BCUT2D eigenvalue weighted by Gasteiger charge is -2.17. The van der Waals surface area contributed by atoms with Gasteiger partial charge in [-0.2, -0.15) is 0 Å². The second-order valence-corrected chi connectivity index (χ2v) is 6.89. The van der Waals surface area contributed by atoms with Crippen molar-refractivity contribution in [2.45, 2.75) is 25.9 Å². The molecule has 29 heavy (non-hydrogen) atoms. The van der Waals surface area contributed by atoms with Gasteiger partial charge in [-0.15, -0.1) is 0 Å². The third-order valence-corrected chi connectivity index (χ3v) is 4.88. The zero-order valence-electron chi connectivity index (χ0n) is 16.6. The first-order chi connectivity index (χ1) is 14.0. The zero-order chi connectivity index (χ0) is 20.8. The fraction of sp³-hybridized carbons (Fsp3) is 0.381. The van der Waals surface area contributed by atoms with Gasteiger partial charge >= 0.3 is 0 Å². The molecule has 0 radical (unpaired) electrons. The van der Waals surface area contributed by atoms with E-state index in [1.807, 2.05) is 18.2 Å². The van der Waals surface area contributed by atoms with E-state index in [1.165, 1.54) is 24.8 Å². The molecular formula is C21H25N3O5. The van der Waals surface area contributed by atoms with E-state index in [-0.39, 0.29) is 23.0 Å². The Morgan fingerprint density at radius 1 is 1.28 bits per heavy atom. The number of nitro benzene ring substituents is 1. The van der Waals surface area contributed by atoms with Crippen molar-refractivity contribution in [1.29, 1.82) is 0 Å². The Kier molecular flexibility index (Phi) is 6.66. The van der Waals surface area contributed by atoms with Crippen LogP contribution in [0.1, 0.15) is 29.3 Å². The maximum absolute atomic E-state index is 12.8. The zero-order valence-corrected chi connectivity index (χ0v) is 16.6. The first-order valence-electron chi connectivity index (χ1n) is 9.58. The highest BCUT2D eigenvalue weighted by molar-refractivity contribution is 5.99. The van der Waals surface area contributed by atoms with Crippen LogP contribution in [0.4, 0.5) is 5.69 Å². The Labute approximate surface area is 169 Å². The van der Waals surface area contributed by atoms with Gasteiger partial charge in [-0.1, -0.05) is 30.3 Å². The van der Waals surface area contributed by atoms with Gasteiger partial charge in [-0.3, -0.25) is 19.8 Å². The predicted molar refractivity (Wildman–Crippen MR) is 108 cm³/mol. The van der Waals surface area contributed by atoms with E-state index in [9.17, 15) is 14.9 Å². The summed E-state index contributed by atoms with van der Waals surface area (Å²) in [6, 6.07) is 12.7. The fourth-order valence-corrected chi connectivity index (χ4v) is 3.51. The number of nitrogens with one attached hydrogen (secondary N) is 1. The molecule has 8 heteroatoms. The number of carbonyl (C=O) groups is 1. The van der Waals surface area contributed by atoms with E-state index in [0.717, 1.165) is 19.5 Å². The summed E-state index contributed by atoms with van der Waals surface area (Å²) in [5.41, 5.74) is 0.884. The number of carbonyl (C=O) groups excluding carboxylic acids is 1. The summed E-state index contributed by atoms with van der Waals surface area (Å²) in [7, 11) is 1.40. The number of hydrogen-bond acceptors (Lipinski definition) is 6. The molecule has 1 fully saturated rings. The molecule has 1 heterocycles. The van der Waals surface area contributed by atoms with Crippen LogP contribution in [0.5, 0.6) is 11.5 Å². The summed E-state index contributed by atoms with van der Waals surface area (Å²) >= 11 is 0. The lowest BCUT2D eigenvalue weighted by atomic mass is 10.1. The lowest BCUT2D eigenvalue weighted by molar-refractivity contribution is -0.385. The Morgan fingerprint density at radius 3 is 2.69 bits per heavy atom. The molecule has 0 saturated carbocycles. The Balaban J connectivity index is 1.71. The third-order valence-electron chi connectivity index (χ3n) is 4.88. The molecular weight excluding hydrogens is 374 g/mol. The summed E-state index contributed by atoms with van der Waals surface area (Å²) in [6.07, 6.45) is 0.793. The molecule has 1 amide bonds. The number of benzene rings is 2. The quantitative estimate of drug-likeness (QED) is 0.542. The number of nitrogens with zero attached hydrogens (tertiary/aromatic N) is 2. The largest absolute Gasteiger partial charge is 0.493 e. The van der Waals surface area contributed by atoms with Crippen LogP contribution < -0.4 is 14.8 Å². The van der Waals surface area contributed by atoms with Crippen LogP contribution in [0.15, 0.2) is 42.5 Å². The van der Waals surface area contributed by atoms with Gasteiger partial charge in [-0.25, -0.2) is 0 Å². The second kappa shape index (κ2) is 9.38. The molecule has 2 aromatic rings. The van der Waals surface area contributed by atoms with Crippen LogP contribution in [-0.2, 0) is 6.54 Å². The van der Waals surface area contributed by atoms with E-state index in [1.54, 1.807) is 6.92 Å². The number of amides is 1. The molecule has 154 valence electrons. The average molecular weight is 399 g/mol. The standard InChI is InChI=1S/C21H25N3O5/c1-3-29-20-11-17(18(24(26)27)12-19(20)28-2)21(25)22-16-9-10-23(14-16)13-15-7-5-4-6-8-15/h4-8,11-12,16H,3,9-10,13-14H2,1-2H3,(H,22,25). The van der Waals surface area contributed by atoms with E-state index in [4.69, 9.17) is 9.47 Å². The summed E-state index contributed by atoms with van der Waals surface area (Å²) in [5.74, 6) is 0.0553. The van der Waals surface area contributed by atoms with E-state index in [0.29, 0.717) is 18.9 Å². The van der Waals surface area contributed by atoms with E-state index < -0.39 is 10.8 Å². The van der Waals surface area contributed by atoms with Crippen molar-refractivity contribution in [3.63, 3.8) is 0 Å². The van der Waals surface area contributed by atoms with Gasteiger partial charge in [0.25, 0.3) is 11.6 Å². The first kappa shape index (κ1) is 20.6. The van der Waals surface area contributed by atoms with Crippen molar-refractivity contribution >= 4 is 11.6 Å². The number of ether oxygens (including phenoxy) is 2. The Hall–Kier alpha value is -3.13. The fourth-order valence-electron chi connectivity index (χ4n) is 3.51. The van der Waals surface area contributed by atoms with Crippen molar-refractivity contribution < 1.29 is 19.2 Å². The van der Waals surface area contributed by atoms with E-state index >= 15 is 0 Å². The molecule has 0 aromatic heterocycles. The summed E-state index contributed by atoms with van der Waals surface area (Å²) in [4.78, 5) is 26.0. The molecule has 1 saturated heterocycles. The first-order valence-corrected chi connectivity index (χ1v) is 9.58. The van der Waals surface area contributed by atoms with E-state index in [2.05, 4.69) is 22.3 Å². The van der Waals surface area contributed by atoms with Crippen LogP contribution in [0.3, 0.4) is 0 Å². The van der Waals surface area contributed by atoms with Crippen LogP contribution >= 0.6 is 0 Å². The Bertz CT molecular complexity index is 872. The highest BCUT2D eigenvalue weighted by Gasteiger charge is 2.29. The van der Waals surface area contributed by atoms with Crippen molar-refractivity contribution in [1.82, 2.24) is 10.2 Å². The molecule has 1 aliphatic rings. The van der Waals surface area contributed by atoms with Gasteiger partial charge in [0.05, 0.1) is 24.7 Å². The van der Waals surface area contributed by atoms with Gasteiger partial charge in [0.2, 0.25) is 0 Å². The maximum Gasteiger partial charge on any atom is 0.286 e. The van der Waals surface area contributed by atoms with Gasteiger partial charge < -0.3 is 14.8 Å². The van der Waals surface area contributed by atoms with Crippen molar-refractivity contribution in [3.8, 4) is 11.5 Å². The minimum absolute atomic E-state index is 0.0271. The van der Waals surface area contributed by atoms with Gasteiger partial charge in [0.15, 0.2) is 11.5 Å².